The molecular weight excluding hydrogens is 492 g/mol. The van der Waals surface area contributed by atoms with E-state index in [0.717, 1.165) is 34.3 Å². The third-order valence-corrected chi connectivity index (χ3v) is 5.80. The van der Waals surface area contributed by atoms with E-state index in [9.17, 15) is 22.8 Å². The van der Waals surface area contributed by atoms with E-state index in [2.05, 4.69) is 9.97 Å². The number of amides is 2. The molecule has 0 saturated heterocycles. The molecular formula is C22H17ClF4N6O2. The lowest BCUT2D eigenvalue weighted by Crippen LogP contribution is -2.46. The third kappa shape index (κ3) is 4.44. The summed E-state index contributed by atoms with van der Waals surface area (Å²) in [6.45, 7) is 0.775. The normalized spacial score (nSPS) is 11.7. The Morgan fingerprint density at radius 1 is 1.17 bits per heavy atom. The van der Waals surface area contributed by atoms with Crippen molar-refractivity contribution in [1.29, 1.82) is 0 Å². The van der Waals surface area contributed by atoms with Gasteiger partial charge in [-0.25, -0.2) is 19.4 Å². The molecule has 0 aliphatic heterocycles. The minimum Gasteiger partial charge on any atom is -0.382 e. The molecule has 4 aromatic rings. The SMILES string of the molecule is CC(=O)N(C)N(Cc1ccc(C(F)(F)F)cc1Cl)C(=O)c1cc2c(cc1F)nc(N)c1cncn12. The molecule has 0 unspecified atom stereocenters. The maximum atomic E-state index is 15.0. The molecule has 8 nitrogen and oxygen atoms in total. The average molecular weight is 509 g/mol. The Bertz CT molecular complexity index is 1490. The van der Waals surface area contributed by atoms with Gasteiger partial charge in [-0.1, -0.05) is 17.7 Å². The summed E-state index contributed by atoms with van der Waals surface area (Å²) >= 11 is 6.05. The van der Waals surface area contributed by atoms with E-state index in [1.807, 2.05) is 0 Å². The second kappa shape index (κ2) is 8.69. The number of halogens is 5. The highest BCUT2D eigenvalue weighted by atomic mass is 35.5. The highest BCUT2D eigenvalue weighted by Crippen LogP contribution is 2.33. The van der Waals surface area contributed by atoms with E-state index in [-0.39, 0.29) is 21.9 Å². The predicted molar refractivity (Wildman–Crippen MR) is 120 cm³/mol. The van der Waals surface area contributed by atoms with E-state index < -0.39 is 41.5 Å². The Hall–Kier alpha value is -3.93. The number of nitrogens with zero attached hydrogens (tertiary/aromatic N) is 5. The monoisotopic (exact) mass is 508 g/mol. The van der Waals surface area contributed by atoms with E-state index in [1.54, 1.807) is 0 Å². The number of hydrogen-bond donors (Lipinski definition) is 1. The van der Waals surface area contributed by atoms with Crippen molar-refractivity contribution in [2.45, 2.75) is 19.6 Å². The van der Waals surface area contributed by atoms with Gasteiger partial charge in [-0.3, -0.25) is 19.0 Å². The fraction of sp³-hybridized carbons (Fsp3) is 0.182. The van der Waals surface area contributed by atoms with Crippen molar-refractivity contribution in [3.63, 3.8) is 0 Å². The number of fused-ring (bicyclic) bond motifs is 3. The van der Waals surface area contributed by atoms with Crippen molar-refractivity contribution in [2.75, 3.05) is 12.8 Å². The molecule has 4 rings (SSSR count). The van der Waals surface area contributed by atoms with Gasteiger partial charge in [-0.2, -0.15) is 13.2 Å². The molecule has 35 heavy (non-hydrogen) atoms. The first kappa shape index (κ1) is 24.2. The van der Waals surface area contributed by atoms with E-state index in [4.69, 9.17) is 17.3 Å². The molecule has 0 bridgehead atoms. The fourth-order valence-corrected chi connectivity index (χ4v) is 3.74. The van der Waals surface area contributed by atoms with Crippen molar-refractivity contribution in [1.82, 2.24) is 24.4 Å². The summed E-state index contributed by atoms with van der Waals surface area (Å²) in [7, 11) is 1.27. The first-order valence-electron chi connectivity index (χ1n) is 10.0. The quantitative estimate of drug-likeness (QED) is 0.328. The number of hydrazine groups is 1. The smallest absolute Gasteiger partial charge is 0.382 e. The molecule has 0 atom stereocenters. The lowest BCUT2D eigenvalue weighted by atomic mass is 10.1. The summed E-state index contributed by atoms with van der Waals surface area (Å²) in [6, 6.07) is 4.88. The number of nitrogen functional groups attached to an aromatic ring is 1. The van der Waals surface area contributed by atoms with Crippen LogP contribution < -0.4 is 5.73 Å². The van der Waals surface area contributed by atoms with Crippen molar-refractivity contribution < 1.29 is 27.2 Å². The number of alkyl halides is 3. The van der Waals surface area contributed by atoms with Gasteiger partial charge >= 0.3 is 6.18 Å². The Morgan fingerprint density at radius 3 is 2.51 bits per heavy atom. The largest absolute Gasteiger partial charge is 0.416 e. The minimum atomic E-state index is -4.61. The van der Waals surface area contributed by atoms with E-state index >= 15 is 4.39 Å². The summed E-state index contributed by atoms with van der Waals surface area (Å²) < 4.78 is 55.6. The first-order valence-corrected chi connectivity index (χ1v) is 10.4. The summed E-state index contributed by atoms with van der Waals surface area (Å²) in [5.41, 5.74) is 5.55. The van der Waals surface area contributed by atoms with Crippen LogP contribution in [0.5, 0.6) is 0 Å². The summed E-state index contributed by atoms with van der Waals surface area (Å²) in [4.78, 5) is 33.6. The Balaban J connectivity index is 1.79. The first-order chi connectivity index (χ1) is 16.4. The molecule has 2 aromatic carbocycles. The van der Waals surface area contributed by atoms with Gasteiger partial charge in [0.25, 0.3) is 5.91 Å². The molecule has 0 aliphatic rings. The van der Waals surface area contributed by atoms with Crippen LogP contribution in [0.3, 0.4) is 0 Å². The van der Waals surface area contributed by atoms with Crippen LogP contribution in [0.15, 0.2) is 42.9 Å². The maximum Gasteiger partial charge on any atom is 0.416 e. The van der Waals surface area contributed by atoms with E-state index in [0.29, 0.717) is 11.0 Å². The molecule has 2 heterocycles. The topological polar surface area (TPSA) is 96.8 Å². The van der Waals surface area contributed by atoms with E-state index in [1.165, 1.54) is 37.0 Å². The number of benzene rings is 2. The molecule has 13 heteroatoms. The second-order valence-corrected chi connectivity index (χ2v) is 8.08. The molecule has 0 spiro atoms. The summed E-state index contributed by atoms with van der Waals surface area (Å²) in [5, 5.41) is 1.54. The lowest BCUT2D eigenvalue weighted by molar-refractivity contribution is -0.140. The highest BCUT2D eigenvalue weighted by molar-refractivity contribution is 6.31. The Kier molecular flexibility index (Phi) is 6.01. The van der Waals surface area contributed by atoms with Crippen LogP contribution in [-0.2, 0) is 17.5 Å². The Labute approximate surface area is 200 Å². The zero-order valence-corrected chi connectivity index (χ0v) is 19.0. The molecule has 0 saturated carbocycles. The van der Waals surface area contributed by atoms with Gasteiger partial charge in [0.1, 0.15) is 17.2 Å². The average Bonchev–Trinajstić information content (AvgIpc) is 3.27. The summed E-state index contributed by atoms with van der Waals surface area (Å²) in [5.74, 6) is -2.32. The zero-order valence-electron chi connectivity index (χ0n) is 18.3. The number of aromatic nitrogens is 3. The number of rotatable bonds is 3. The fourth-order valence-electron chi connectivity index (χ4n) is 3.50. The van der Waals surface area contributed by atoms with Crippen molar-refractivity contribution in [3.05, 3.63) is 70.4 Å². The van der Waals surface area contributed by atoms with Gasteiger partial charge in [0.05, 0.1) is 41.2 Å². The van der Waals surface area contributed by atoms with Crippen LogP contribution >= 0.6 is 11.6 Å². The van der Waals surface area contributed by atoms with Crippen molar-refractivity contribution >= 4 is 45.8 Å². The van der Waals surface area contributed by atoms with Gasteiger partial charge < -0.3 is 5.73 Å². The highest BCUT2D eigenvalue weighted by Gasteiger charge is 2.32. The van der Waals surface area contributed by atoms with Gasteiger partial charge in [-0.05, 0) is 23.8 Å². The van der Waals surface area contributed by atoms with Gasteiger partial charge in [-0.15, -0.1) is 0 Å². The third-order valence-electron chi connectivity index (χ3n) is 5.45. The number of imidazole rings is 1. The molecule has 2 N–H and O–H groups in total. The molecule has 182 valence electrons. The molecule has 0 radical (unpaired) electrons. The maximum absolute atomic E-state index is 15.0. The van der Waals surface area contributed by atoms with Gasteiger partial charge in [0.2, 0.25) is 5.91 Å². The second-order valence-electron chi connectivity index (χ2n) is 7.68. The Morgan fingerprint density at radius 2 is 1.89 bits per heavy atom. The molecule has 2 amide bonds. The summed E-state index contributed by atoms with van der Waals surface area (Å²) in [6.07, 6.45) is -1.74. The van der Waals surface area contributed by atoms with Crippen LogP contribution in [-0.4, -0.2) is 43.2 Å². The zero-order chi connectivity index (χ0) is 25.7. The van der Waals surface area contributed by atoms with Crippen LogP contribution in [0.25, 0.3) is 16.6 Å². The van der Waals surface area contributed by atoms with Crippen LogP contribution in [0, 0.1) is 5.82 Å². The predicted octanol–water partition coefficient (Wildman–Crippen LogP) is 4.31. The van der Waals surface area contributed by atoms with Crippen LogP contribution in [0.1, 0.15) is 28.4 Å². The number of anilines is 1. The van der Waals surface area contributed by atoms with Gasteiger partial charge in [0.15, 0.2) is 0 Å². The van der Waals surface area contributed by atoms with Crippen molar-refractivity contribution in [3.8, 4) is 0 Å². The molecule has 0 aliphatic carbocycles. The number of hydrogen-bond acceptors (Lipinski definition) is 5. The number of carbonyl (C=O) groups is 2. The van der Waals surface area contributed by atoms with Crippen molar-refractivity contribution in [2.24, 2.45) is 0 Å². The molecule has 0 fully saturated rings. The number of nitrogens with two attached hydrogens (primary N) is 1. The van der Waals surface area contributed by atoms with Crippen LogP contribution in [0.4, 0.5) is 23.4 Å². The minimum absolute atomic E-state index is 0.114. The van der Waals surface area contributed by atoms with Gasteiger partial charge in [0, 0.05) is 25.1 Å². The standard InChI is InChI=1S/C22H17ClF4N6O2/c1-11(34)31(2)33(9-12-3-4-13(5-15(12)23)22(25,26)27)21(35)14-6-18-17(7-16(14)24)30-20(28)19-8-29-10-32(18)19/h3-8,10H,9H2,1-2H3,(H2,28,30). The molecule has 2 aromatic heterocycles. The van der Waals surface area contributed by atoms with Crippen LogP contribution in [0.2, 0.25) is 5.02 Å². The number of carbonyl (C=O) groups excluding carboxylic acids is 2. The lowest BCUT2D eigenvalue weighted by Gasteiger charge is -2.31.